The summed E-state index contributed by atoms with van der Waals surface area (Å²) in [5, 5.41) is 13.3. The highest BCUT2D eigenvalue weighted by Gasteiger charge is 2.23. The van der Waals surface area contributed by atoms with Gasteiger partial charge in [0, 0.05) is 19.6 Å². The number of aliphatic hydroxyl groups is 1. The number of hydrogen-bond donors (Lipinski definition) is 2. The van der Waals surface area contributed by atoms with Gasteiger partial charge in [0.05, 0.1) is 6.10 Å². The van der Waals surface area contributed by atoms with Crippen LogP contribution >= 0.6 is 0 Å². The maximum atomic E-state index is 9.93. The zero-order valence-corrected chi connectivity index (χ0v) is 11.8. The average Bonchev–Trinajstić information content (AvgIpc) is 2.65. The predicted molar refractivity (Wildman–Crippen MR) is 73.2 cm³/mol. The van der Waals surface area contributed by atoms with Gasteiger partial charge in [0.25, 0.3) is 0 Å². The zero-order chi connectivity index (χ0) is 12.7. The normalized spacial score (nSPS) is 23.5. The van der Waals surface area contributed by atoms with Crippen molar-refractivity contribution in [2.75, 3.05) is 32.7 Å². The molecule has 0 amide bonds. The first-order valence-corrected chi connectivity index (χ1v) is 7.23. The molecule has 2 atom stereocenters. The van der Waals surface area contributed by atoms with Crippen LogP contribution in [0.2, 0.25) is 0 Å². The number of likely N-dealkylation sites (tertiary alicyclic amines) is 1. The summed E-state index contributed by atoms with van der Waals surface area (Å²) in [6.45, 7) is 11.6. The van der Waals surface area contributed by atoms with Gasteiger partial charge in [0.15, 0.2) is 0 Å². The van der Waals surface area contributed by atoms with Crippen molar-refractivity contribution < 1.29 is 5.11 Å². The number of nitrogens with one attached hydrogen (secondary N) is 1. The minimum atomic E-state index is -0.214. The van der Waals surface area contributed by atoms with Gasteiger partial charge in [0.2, 0.25) is 0 Å². The maximum Gasteiger partial charge on any atom is 0.0791 e. The largest absolute Gasteiger partial charge is 0.390 e. The van der Waals surface area contributed by atoms with Crippen molar-refractivity contribution in [3.63, 3.8) is 0 Å². The van der Waals surface area contributed by atoms with E-state index in [1.165, 1.54) is 32.4 Å². The Morgan fingerprint density at radius 1 is 1.35 bits per heavy atom. The molecule has 17 heavy (non-hydrogen) atoms. The van der Waals surface area contributed by atoms with E-state index < -0.39 is 0 Å². The van der Waals surface area contributed by atoms with Crippen LogP contribution in [-0.2, 0) is 0 Å². The summed E-state index contributed by atoms with van der Waals surface area (Å²) in [5.74, 6) is 1.53. The van der Waals surface area contributed by atoms with E-state index in [9.17, 15) is 5.11 Å². The fourth-order valence-electron chi connectivity index (χ4n) is 2.62. The molecule has 0 bridgehead atoms. The smallest absolute Gasteiger partial charge is 0.0791 e. The Morgan fingerprint density at radius 2 is 2.12 bits per heavy atom. The molecule has 0 aromatic carbocycles. The van der Waals surface area contributed by atoms with E-state index in [2.05, 4.69) is 31.0 Å². The molecule has 0 aliphatic carbocycles. The summed E-state index contributed by atoms with van der Waals surface area (Å²) >= 11 is 0. The van der Waals surface area contributed by atoms with Crippen molar-refractivity contribution in [1.29, 1.82) is 0 Å². The third-order valence-corrected chi connectivity index (χ3v) is 3.47. The highest BCUT2D eigenvalue weighted by molar-refractivity contribution is 4.77. The Morgan fingerprint density at radius 3 is 2.76 bits per heavy atom. The molecule has 3 nitrogen and oxygen atoms in total. The van der Waals surface area contributed by atoms with Gasteiger partial charge < -0.3 is 15.3 Å². The molecule has 2 unspecified atom stereocenters. The first kappa shape index (κ1) is 14.9. The molecular formula is C14H30N2O. The van der Waals surface area contributed by atoms with Crippen LogP contribution in [0.1, 0.15) is 40.0 Å². The fourth-order valence-corrected chi connectivity index (χ4v) is 2.62. The summed E-state index contributed by atoms with van der Waals surface area (Å²) in [4.78, 5) is 2.42. The number of rotatable bonds is 8. The maximum absolute atomic E-state index is 9.93. The van der Waals surface area contributed by atoms with Gasteiger partial charge in [-0.1, -0.05) is 27.2 Å². The molecule has 0 aromatic rings. The number of hydrogen-bond acceptors (Lipinski definition) is 3. The van der Waals surface area contributed by atoms with Gasteiger partial charge in [-0.05, 0) is 37.8 Å². The average molecular weight is 242 g/mol. The molecule has 3 heteroatoms. The Balaban J connectivity index is 2.08. The van der Waals surface area contributed by atoms with Crippen LogP contribution in [0, 0.1) is 11.8 Å². The lowest BCUT2D eigenvalue weighted by molar-refractivity contribution is 0.121. The summed E-state index contributed by atoms with van der Waals surface area (Å²) in [6.07, 6.45) is 3.74. The second-order valence-electron chi connectivity index (χ2n) is 5.91. The van der Waals surface area contributed by atoms with Crippen molar-refractivity contribution in [2.24, 2.45) is 11.8 Å². The van der Waals surface area contributed by atoms with E-state index in [0.29, 0.717) is 5.92 Å². The van der Waals surface area contributed by atoms with E-state index in [4.69, 9.17) is 0 Å². The van der Waals surface area contributed by atoms with Crippen LogP contribution in [0.15, 0.2) is 0 Å². The standard InChI is InChI=1S/C14H30N2O/c1-4-5-13-6-7-16(10-13)11-14(17)9-15-8-12(2)3/h12-15,17H,4-11H2,1-3H3. The minimum absolute atomic E-state index is 0.214. The van der Waals surface area contributed by atoms with Crippen LogP contribution < -0.4 is 5.32 Å². The van der Waals surface area contributed by atoms with E-state index >= 15 is 0 Å². The zero-order valence-electron chi connectivity index (χ0n) is 11.8. The Kier molecular flexibility index (Phi) is 7.09. The van der Waals surface area contributed by atoms with Gasteiger partial charge in [0.1, 0.15) is 0 Å². The van der Waals surface area contributed by atoms with Gasteiger partial charge in [-0.15, -0.1) is 0 Å². The molecule has 1 aliphatic heterocycles. The Bertz CT molecular complexity index is 197. The molecular weight excluding hydrogens is 212 g/mol. The predicted octanol–water partition coefficient (Wildman–Crippen LogP) is 1.71. The molecule has 1 fully saturated rings. The Labute approximate surface area is 107 Å². The van der Waals surface area contributed by atoms with Crippen LogP contribution in [0.3, 0.4) is 0 Å². The number of nitrogens with zero attached hydrogens (tertiary/aromatic N) is 1. The first-order valence-electron chi connectivity index (χ1n) is 7.23. The van der Waals surface area contributed by atoms with E-state index in [1.54, 1.807) is 0 Å². The van der Waals surface area contributed by atoms with Crippen molar-refractivity contribution in [3.8, 4) is 0 Å². The first-order chi connectivity index (χ1) is 8.11. The molecule has 0 saturated carbocycles. The third-order valence-electron chi connectivity index (χ3n) is 3.47. The lowest BCUT2D eigenvalue weighted by Gasteiger charge is -2.20. The molecule has 102 valence electrons. The number of aliphatic hydroxyl groups excluding tert-OH is 1. The molecule has 0 aromatic heterocycles. The molecule has 1 heterocycles. The summed E-state index contributed by atoms with van der Waals surface area (Å²) in [6, 6.07) is 0. The fraction of sp³-hybridized carbons (Fsp3) is 1.00. The summed E-state index contributed by atoms with van der Waals surface area (Å²) in [5.41, 5.74) is 0. The lowest BCUT2D eigenvalue weighted by Crippen LogP contribution is -2.38. The highest BCUT2D eigenvalue weighted by atomic mass is 16.3. The topological polar surface area (TPSA) is 35.5 Å². The molecule has 1 saturated heterocycles. The van der Waals surface area contributed by atoms with Crippen LogP contribution in [0.4, 0.5) is 0 Å². The van der Waals surface area contributed by atoms with Gasteiger partial charge in [-0.2, -0.15) is 0 Å². The van der Waals surface area contributed by atoms with Crippen LogP contribution in [-0.4, -0.2) is 48.8 Å². The van der Waals surface area contributed by atoms with Gasteiger partial charge >= 0.3 is 0 Å². The van der Waals surface area contributed by atoms with Crippen LogP contribution in [0.25, 0.3) is 0 Å². The second-order valence-corrected chi connectivity index (χ2v) is 5.91. The molecule has 0 radical (unpaired) electrons. The lowest BCUT2D eigenvalue weighted by atomic mass is 10.0. The van der Waals surface area contributed by atoms with Gasteiger partial charge in [-0.25, -0.2) is 0 Å². The van der Waals surface area contributed by atoms with Crippen LogP contribution in [0.5, 0.6) is 0 Å². The molecule has 1 aliphatic rings. The Hall–Kier alpha value is -0.120. The van der Waals surface area contributed by atoms with Crippen molar-refractivity contribution >= 4 is 0 Å². The minimum Gasteiger partial charge on any atom is -0.390 e. The van der Waals surface area contributed by atoms with Gasteiger partial charge in [-0.3, -0.25) is 0 Å². The van der Waals surface area contributed by atoms with Crippen molar-refractivity contribution in [3.05, 3.63) is 0 Å². The quantitative estimate of drug-likeness (QED) is 0.680. The molecule has 0 spiro atoms. The SMILES string of the molecule is CCCC1CCN(CC(O)CNCC(C)C)C1. The third kappa shape index (κ3) is 6.39. The summed E-state index contributed by atoms with van der Waals surface area (Å²) < 4.78 is 0. The second kappa shape index (κ2) is 8.06. The van der Waals surface area contributed by atoms with E-state index in [1.807, 2.05) is 0 Å². The molecule has 1 rings (SSSR count). The number of β-amino-alcohol motifs (C(OH)–C–C–N with tert-alkyl or cyclic N) is 1. The van der Waals surface area contributed by atoms with Crippen molar-refractivity contribution in [1.82, 2.24) is 10.2 Å². The van der Waals surface area contributed by atoms with E-state index in [-0.39, 0.29) is 6.10 Å². The van der Waals surface area contributed by atoms with E-state index in [0.717, 1.165) is 25.6 Å². The monoisotopic (exact) mass is 242 g/mol. The molecule has 2 N–H and O–H groups in total. The highest BCUT2D eigenvalue weighted by Crippen LogP contribution is 2.20. The summed E-state index contributed by atoms with van der Waals surface area (Å²) in [7, 11) is 0. The van der Waals surface area contributed by atoms with Crippen molar-refractivity contribution in [2.45, 2.75) is 46.1 Å².